The third kappa shape index (κ3) is 3.65. The van der Waals surface area contributed by atoms with Crippen LogP contribution in [-0.2, 0) is 0 Å². The summed E-state index contributed by atoms with van der Waals surface area (Å²) in [6, 6.07) is 21.9. The summed E-state index contributed by atoms with van der Waals surface area (Å²) in [6.45, 7) is 6.35. The fraction of sp³-hybridized carbons (Fsp3) is 0.111. The van der Waals surface area contributed by atoms with Crippen molar-refractivity contribution in [2.24, 2.45) is 0 Å². The van der Waals surface area contributed by atoms with Crippen molar-refractivity contribution in [1.29, 1.82) is 0 Å². The highest BCUT2D eigenvalue weighted by molar-refractivity contribution is 7.38. The van der Waals surface area contributed by atoms with Crippen LogP contribution in [0, 0.1) is 6.92 Å². The van der Waals surface area contributed by atoms with E-state index in [4.69, 9.17) is 0 Å². The van der Waals surface area contributed by atoms with Gasteiger partial charge in [-0.1, -0.05) is 42.5 Å². The van der Waals surface area contributed by atoms with E-state index in [1.54, 1.807) is 0 Å². The highest BCUT2D eigenvalue weighted by Crippen LogP contribution is 2.47. The van der Waals surface area contributed by atoms with Gasteiger partial charge in [0.15, 0.2) is 0 Å². The summed E-state index contributed by atoms with van der Waals surface area (Å²) >= 11 is 5.71. The van der Waals surface area contributed by atoms with E-state index in [0.29, 0.717) is 0 Å². The molecule has 154 valence electrons. The van der Waals surface area contributed by atoms with E-state index in [1.807, 2.05) is 34.0 Å². The monoisotopic (exact) mass is 457 g/mol. The minimum Gasteiger partial charge on any atom is -0.311 e. The van der Waals surface area contributed by atoms with Crippen molar-refractivity contribution in [2.75, 3.05) is 4.90 Å². The standard InChI is InChI=1S/C27H23NS3/c1-4-9-20(5-2)28(21-10-7-6-8-11-21)22-14-12-19(13-15-22)23-17-29-27-25(23)31-24-16-18(3)30-26(24)27/h4-17H,1-3H3. The van der Waals surface area contributed by atoms with Crippen molar-refractivity contribution in [3.05, 3.63) is 94.8 Å². The molecule has 0 bridgehead atoms. The first-order valence-corrected chi connectivity index (χ1v) is 12.9. The van der Waals surface area contributed by atoms with E-state index in [-0.39, 0.29) is 0 Å². The first-order valence-electron chi connectivity index (χ1n) is 10.3. The summed E-state index contributed by atoms with van der Waals surface area (Å²) in [7, 11) is 0. The first-order chi connectivity index (χ1) is 15.2. The Labute approximate surface area is 195 Å². The molecular formula is C27H23NS3. The molecule has 0 spiro atoms. The summed E-state index contributed by atoms with van der Waals surface area (Å²) in [4.78, 5) is 3.70. The van der Waals surface area contributed by atoms with Gasteiger partial charge in [-0.2, -0.15) is 0 Å². The molecule has 0 fully saturated rings. The van der Waals surface area contributed by atoms with Gasteiger partial charge in [-0.3, -0.25) is 0 Å². The van der Waals surface area contributed by atoms with Crippen molar-refractivity contribution in [3.63, 3.8) is 0 Å². The predicted octanol–water partition coefficient (Wildman–Crippen LogP) is 9.77. The molecule has 5 rings (SSSR count). The number of para-hydroxylation sites is 1. The molecule has 0 unspecified atom stereocenters. The molecule has 0 N–H and O–H groups in total. The van der Waals surface area contributed by atoms with Crippen LogP contribution in [-0.4, -0.2) is 0 Å². The Morgan fingerprint density at radius 3 is 2.29 bits per heavy atom. The number of hydrogen-bond donors (Lipinski definition) is 0. The first kappa shape index (κ1) is 20.3. The van der Waals surface area contributed by atoms with E-state index in [2.05, 4.69) is 110 Å². The molecule has 0 saturated carbocycles. The highest BCUT2D eigenvalue weighted by Gasteiger charge is 2.16. The number of nitrogens with zero attached hydrogens (tertiary/aromatic N) is 1. The Hall–Kier alpha value is -2.66. The van der Waals surface area contributed by atoms with E-state index in [9.17, 15) is 0 Å². The minimum atomic E-state index is 1.16. The van der Waals surface area contributed by atoms with Crippen LogP contribution in [0.1, 0.15) is 18.7 Å². The van der Waals surface area contributed by atoms with Crippen molar-refractivity contribution in [2.45, 2.75) is 20.8 Å². The molecule has 0 aliphatic heterocycles. The minimum absolute atomic E-state index is 1.16. The van der Waals surface area contributed by atoms with Crippen molar-refractivity contribution in [1.82, 2.24) is 0 Å². The van der Waals surface area contributed by atoms with Gasteiger partial charge in [-0.25, -0.2) is 0 Å². The Morgan fingerprint density at radius 1 is 0.839 bits per heavy atom. The molecule has 2 aromatic carbocycles. The van der Waals surface area contributed by atoms with E-state index < -0.39 is 0 Å². The number of allylic oxidation sites excluding steroid dienone is 3. The molecule has 0 amide bonds. The number of hydrogen-bond acceptors (Lipinski definition) is 4. The van der Waals surface area contributed by atoms with E-state index >= 15 is 0 Å². The molecule has 0 radical (unpaired) electrons. The zero-order chi connectivity index (χ0) is 21.4. The van der Waals surface area contributed by atoms with Gasteiger partial charge < -0.3 is 4.90 Å². The van der Waals surface area contributed by atoms with Crippen LogP contribution in [0.25, 0.3) is 29.9 Å². The second-order valence-electron chi connectivity index (χ2n) is 7.39. The van der Waals surface area contributed by atoms with Crippen LogP contribution in [0.4, 0.5) is 11.4 Å². The van der Waals surface area contributed by atoms with Gasteiger partial charge in [0, 0.05) is 37.6 Å². The van der Waals surface area contributed by atoms with Gasteiger partial charge in [0.25, 0.3) is 0 Å². The van der Waals surface area contributed by atoms with Crippen LogP contribution < -0.4 is 4.90 Å². The number of aryl methyl sites for hydroxylation is 1. The SMILES string of the molecule is CC=CC(=CC)N(c1ccccc1)c1ccc(-c2csc3c2sc2cc(C)sc23)cc1. The average Bonchev–Trinajstić information content (AvgIpc) is 3.45. The predicted molar refractivity (Wildman–Crippen MR) is 142 cm³/mol. The van der Waals surface area contributed by atoms with Crippen molar-refractivity contribution >= 4 is 64.2 Å². The van der Waals surface area contributed by atoms with E-state index in [0.717, 1.165) is 17.1 Å². The molecule has 3 heterocycles. The lowest BCUT2D eigenvalue weighted by atomic mass is 10.1. The highest BCUT2D eigenvalue weighted by atomic mass is 32.1. The number of thiophene rings is 3. The fourth-order valence-electron chi connectivity index (χ4n) is 3.92. The molecule has 0 atom stereocenters. The topological polar surface area (TPSA) is 3.24 Å². The molecule has 3 aromatic heterocycles. The fourth-order valence-corrected chi connectivity index (χ4v) is 7.90. The van der Waals surface area contributed by atoms with Gasteiger partial charge in [0.05, 0.1) is 14.1 Å². The third-order valence-corrected chi connectivity index (χ3v) is 8.95. The summed E-state index contributed by atoms with van der Waals surface area (Å²) in [6.07, 6.45) is 6.40. The molecular weight excluding hydrogens is 435 g/mol. The van der Waals surface area contributed by atoms with Gasteiger partial charge in [0.1, 0.15) is 0 Å². The van der Waals surface area contributed by atoms with Gasteiger partial charge in [0.2, 0.25) is 0 Å². The number of rotatable bonds is 5. The molecule has 0 saturated heterocycles. The second kappa shape index (κ2) is 8.46. The normalized spacial score (nSPS) is 12.4. The van der Waals surface area contributed by atoms with Crippen LogP contribution >= 0.6 is 34.0 Å². The van der Waals surface area contributed by atoms with Gasteiger partial charge in [-0.15, -0.1) is 34.0 Å². The lowest BCUT2D eigenvalue weighted by molar-refractivity contribution is 1.20. The molecule has 0 aliphatic rings. The number of anilines is 2. The maximum absolute atomic E-state index is 2.32. The lowest BCUT2D eigenvalue weighted by Crippen LogP contribution is -2.14. The molecule has 1 nitrogen and oxygen atoms in total. The van der Waals surface area contributed by atoms with Crippen LogP contribution in [0.3, 0.4) is 0 Å². The maximum atomic E-state index is 2.32. The number of fused-ring (bicyclic) bond motifs is 3. The Balaban J connectivity index is 1.56. The average molecular weight is 458 g/mol. The van der Waals surface area contributed by atoms with Crippen LogP contribution in [0.5, 0.6) is 0 Å². The largest absolute Gasteiger partial charge is 0.311 e. The van der Waals surface area contributed by atoms with Crippen molar-refractivity contribution < 1.29 is 0 Å². The Bertz CT molecular complexity index is 1400. The quantitative estimate of drug-likeness (QED) is 0.237. The summed E-state index contributed by atoms with van der Waals surface area (Å²) < 4.78 is 5.72. The Morgan fingerprint density at radius 2 is 1.58 bits per heavy atom. The molecule has 0 aliphatic carbocycles. The molecule has 4 heteroatoms. The molecule has 5 aromatic rings. The van der Waals surface area contributed by atoms with Crippen molar-refractivity contribution in [3.8, 4) is 11.1 Å². The third-order valence-electron chi connectivity index (χ3n) is 5.33. The van der Waals surface area contributed by atoms with Gasteiger partial charge >= 0.3 is 0 Å². The maximum Gasteiger partial charge on any atom is 0.0635 e. The summed E-state index contributed by atoms with van der Waals surface area (Å²) in [5, 5.41) is 2.32. The number of benzene rings is 2. The van der Waals surface area contributed by atoms with Crippen LogP contribution in [0.15, 0.2) is 90.0 Å². The Kier molecular flexibility index (Phi) is 5.53. The van der Waals surface area contributed by atoms with Gasteiger partial charge in [-0.05, 0) is 62.7 Å². The second-order valence-corrected chi connectivity index (χ2v) is 10.6. The van der Waals surface area contributed by atoms with Crippen LogP contribution in [0.2, 0.25) is 0 Å². The smallest absolute Gasteiger partial charge is 0.0635 e. The zero-order valence-corrected chi connectivity index (χ0v) is 20.2. The summed E-state index contributed by atoms with van der Waals surface area (Å²) in [5.41, 5.74) is 6.11. The lowest BCUT2D eigenvalue weighted by Gasteiger charge is -2.26. The molecule has 31 heavy (non-hydrogen) atoms. The summed E-state index contributed by atoms with van der Waals surface area (Å²) in [5.74, 6) is 0. The zero-order valence-electron chi connectivity index (χ0n) is 17.8. The van der Waals surface area contributed by atoms with E-state index in [1.165, 1.54) is 34.8 Å².